The summed E-state index contributed by atoms with van der Waals surface area (Å²) in [5.74, 6) is 0.652. The van der Waals surface area contributed by atoms with Crippen LogP contribution in [0.1, 0.15) is 12.8 Å². The summed E-state index contributed by atoms with van der Waals surface area (Å²) in [6.07, 6.45) is 2.48. The Morgan fingerprint density at radius 2 is 2.43 bits per heavy atom. The van der Waals surface area contributed by atoms with Crippen molar-refractivity contribution in [3.63, 3.8) is 0 Å². The zero-order valence-electron chi connectivity index (χ0n) is 7.93. The first-order chi connectivity index (χ1) is 6.81. The van der Waals surface area contributed by atoms with Crippen LogP contribution in [0.4, 0.5) is 0 Å². The molecule has 3 N–H and O–H groups in total. The highest BCUT2D eigenvalue weighted by molar-refractivity contribution is 8.01. The number of thioether (sulfide) groups is 1. The quantitative estimate of drug-likeness (QED) is 0.759. The lowest BCUT2D eigenvalue weighted by molar-refractivity contribution is 0.277. The minimum absolute atomic E-state index is 0.159. The van der Waals surface area contributed by atoms with Gasteiger partial charge in [-0.1, -0.05) is 6.07 Å². The Labute approximate surface area is 92.5 Å². The lowest BCUT2D eigenvalue weighted by atomic mass is 10.1. The van der Waals surface area contributed by atoms with Crippen LogP contribution in [0.25, 0.3) is 0 Å². The summed E-state index contributed by atoms with van der Waals surface area (Å²) in [4.78, 5) is 0. The van der Waals surface area contributed by atoms with Crippen molar-refractivity contribution in [1.29, 1.82) is 0 Å². The van der Waals surface area contributed by atoms with Crippen molar-refractivity contribution in [3.8, 4) is 0 Å². The molecule has 1 heterocycles. The summed E-state index contributed by atoms with van der Waals surface area (Å²) in [6.45, 7) is 0.181. The third-order valence-electron chi connectivity index (χ3n) is 2.54. The number of nitrogens with two attached hydrogens (primary N) is 1. The fourth-order valence-electron chi connectivity index (χ4n) is 1.50. The van der Waals surface area contributed by atoms with Crippen molar-refractivity contribution in [2.24, 2.45) is 11.7 Å². The van der Waals surface area contributed by atoms with Gasteiger partial charge in [0, 0.05) is 11.3 Å². The van der Waals surface area contributed by atoms with Crippen LogP contribution >= 0.6 is 23.1 Å². The van der Waals surface area contributed by atoms with Crippen molar-refractivity contribution >= 4 is 23.1 Å². The van der Waals surface area contributed by atoms with E-state index in [9.17, 15) is 5.11 Å². The Kier molecular flexibility index (Phi) is 3.49. The SMILES string of the molecule is NC(C1CC1)C(CO)Sc1cccs1. The van der Waals surface area contributed by atoms with Gasteiger partial charge >= 0.3 is 0 Å². The van der Waals surface area contributed by atoms with Crippen LogP contribution in [0.5, 0.6) is 0 Å². The molecule has 0 amide bonds. The Balaban J connectivity index is 1.92. The zero-order chi connectivity index (χ0) is 9.97. The van der Waals surface area contributed by atoms with Crippen molar-refractivity contribution in [2.75, 3.05) is 6.61 Å². The Bertz CT molecular complexity index is 272. The largest absolute Gasteiger partial charge is 0.395 e. The summed E-state index contributed by atoms with van der Waals surface area (Å²) in [7, 11) is 0. The normalized spacial score (nSPS) is 20.7. The first kappa shape index (κ1) is 10.5. The molecule has 0 saturated heterocycles. The van der Waals surface area contributed by atoms with Gasteiger partial charge in [0.25, 0.3) is 0 Å². The summed E-state index contributed by atoms with van der Waals surface area (Å²) in [5.41, 5.74) is 6.07. The van der Waals surface area contributed by atoms with Crippen LogP contribution in [0.3, 0.4) is 0 Å². The maximum Gasteiger partial charge on any atom is 0.0602 e. The van der Waals surface area contributed by atoms with Crippen molar-refractivity contribution in [3.05, 3.63) is 17.5 Å². The summed E-state index contributed by atoms with van der Waals surface area (Å²) < 4.78 is 1.25. The predicted octanol–water partition coefficient (Wildman–Crippen LogP) is 1.94. The van der Waals surface area contributed by atoms with Gasteiger partial charge < -0.3 is 10.8 Å². The predicted molar refractivity (Wildman–Crippen MR) is 61.7 cm³/mol. The second kappa shape index (κ2) is 4.66. The molecule has 0 spiro atoms. The highest BCUT2D eigenvalue weighted by Crippen LogP contribution is 2.38. The van der Waals surface area contributed by atoms with Gasteiger partial charge in [-0.3, -0.25) is 0 Å². The van der Waals surface area contributed by atoms with Gasteiger partial charge in [0.2, 0.25) is 0 Å². The van der Waals surface area contributed by atoms with Gasteiger partial charge in [0.15, 0.2) is 0 Å². The third-order valence-corrected chi connectivity index (χ3v) is 4.91. The van der Waals surface area contributed by atoms with E-state index in [1.165, 1.54) is 17.1 Å². The molecule has 2 rings (SSSR count). The maximum absolute atomic E-state index is 9.28. The molecule has 0 bridgehead atoms. The Hall–Kier alpha value is -0.0300. The smallest absolute Gasteiger partial charge is 0.0602 e. The van der Waals surface area contributed by atoms with Crippen LogP contribution in [-0.2, 0) is 0 Å². The third kappa shape index (κ3) is 2.51. The number of thiophene rings is 1. The standard InChI is InChI=1S/C10H15NOS2/c11-10(7-3-4-7)8(6-12)14-9-2-1-5-13-9/h1-2,5,7-8,10,12H,3-4,6,11H2. The van der Waals surface area contributed by atoms with Crippen molar-refractivity contribution in [2.45, 2.75) is 28.3 Å². The monoisotopic (exact) mass is 229 g/mol. The molecule has 14 heavy (non-hydrogen) atoms. The summed E-state index contributed by atoms with van der Waals surface area (Å²) >= 11 is 3.43. The molecular weight excluding hydrogens is 214 g/mol. The molecule has 0 aliphatic heterocycles. The maximum atomic E-state index is 9.28. The van der Waals surface area contributed by atoms with Gasteiger partial charge in [-0.15, -0.1) is 23.1 Å². The molecule has 1 saturated carbocycles. The molecule has 2 nitrogen and oxygen atoms in total. The summed E-state index contributed by atoms with van der Waals surface area (Å²) in [6, 6.07) is 4.27. The molecule has 1 aliphatic rings. The van der Waals surface area contributed by atoms with Gasteiger partial charge in [-0.25, -0.2) is 0 Å². The van der Waals surface area contributed by atoms with E-state index in [1.54, 1.807) is 23.1 Å². The molecule has 2 atom stereocenters. The topological polar surface area (TPSA) is 46.2 Å². The lowest BCUT2D eigenvalue weighted by Gasteiger charge is -2.20. The van der Waals surface area contributed by atoms with Gasteiger partial charge in [-0.05, 0) is 30.2 Å². The second-order valence-corrected chi connectivity index (χ2v) is 6.17. The Morgan fingerprint density at radius 1 is 1.64 bits per heavy atom. The first-order valence-corrected chi connectivity index (χ1v) is 6.64. The van der Waals surface area contributed by atoms with Gasteiger partial charge in [0.05, 0.1) is 10.8 Å². The van der Waals surface area contributed by atoms with E-state index in [0.29, 0.717) is 5.92 Å². The molecule has 1 aliphatic carbocycles. The van der Waals surface area contributed by atoms with Crippen LogP contribution in [0.15, 0.2) is 21.7 Å². The minimum Gasteiger partial charge on any atom is -0.395 e. The minimum atomic E-state index is 0.159. The number of hydrogen-bond acceptors (Lipinski definition) is 4. The van der Waals surface area contributed by atoms with E-state index in [-0.39, 0.29) is 17.9 Å². The van der Waals surface area contributed by atoms with Gasteiger partial charge in [-0.2, -0.15) is 0 Å². The van der Waals surface area contributed by atoms with Crippen LogP contribution in [-0.4, -0.2) is 23.0 Å². The molecule has 1 fully saturated rings. The molecule has 2 unspecified atom stereocenters. The molecule has 1 aromatic rings. The lowest BCUT2D eigenvalue weighted by Crippen LogP contribution is -2.36. The number of rotatable bonds is 5. The van der Waals surface area contributed by atoms with Crippen LogP contribution in [0.2, 0.25) is 0 Å². The van der Waals surface area contributed by atoms with Crippen molar-refractivity contribution < 1.29 is 5.11 Å². The highest BCUT2D eigenvalue weighted by atomic mass is 32.2. The van der Waals surface area contributed by atoms with Crippen LogP contribution < -0.4 is 5.73 Å². The molecule has 78 valence electrons. The Morgan fingerprint density at radius 3 is 2.93 bits per heavy atom. The molecule has 0 aromatic carbocycles. The first-order valence-electron chi connectivity index (χ1n) is 4.88. The second-order valence-electron chi connectivity index (χ2n) is 3.69. The average molecular weight is 229 g/mol. The summed E-state index contributed by atoms with van der Waals surface area (Å²) in [5, 5.41) is 11.5. The van der Waals surface area contributed by atoms with Crippen molar-refractivity contribution in [1.82, 2.24) is 0 Å². The molecule has 1 aromatic heterocycles. The fourth-order valence-corrected chi connectivity index (χ4v) is 3.62. The van der Waals surface area contributed by atoms with E-state index in [2.05, 4.69) is 11.4 Å². The van der Waals surface area contributed by atoms with E-state index in [0.717, 1.165) is 0 Å². The average Bonchev–Trinajstić information content (AvgIpc) is 2.93. The molecular formula is C10H15NOS2. The van der Waals surface area contributed by atoms with E-state index in [1.807, 2.05) is 6.07 Å². The number of hydrogen-bond donors (Lipinski definition) is 2. The molecule has 4 heteroatoms. The fraction of sp³-hybridized carbons (Fsp3) is 0.600. The number of aliphatic hydroxyl groups is 1. The highest BCUT2D eigenvalue weighted by Gasteiger charge is 2.34. The van der Waals surface area contributed by atoms with E-state index < -0.39 is 0 Å². The molecule has 0 radical (unpaired) electrons. The number of aliphatic hydroxyl groups excluding tert-OH is 1. The van der Waals surface area contributed by atoms with Gasteiger partial charge in [0.1, 0.15) is 0 Å². The zero-order valence-corrected chi connectivity index (χ0v) is 9.56. The van der Waals surface area contributed by atoms with E-state index >= 15 is 0 Å². The van der Waals surface area contributed by atoms with E-state index in [4.69, 9.17) is 5.73 Å². The van der Waals surface area contributed by atoms with Crippen LogP contribution in [0, 0.1) is 5.92 Å².